The van der Waals surface area contributed by atoms with Crippen molar-refractivity contribution >= 4 is 5.97 Å². The molecule has 3 fully saturated rings. The van der Waals surface area contributed by atoms with E-state index < -0.39 is 95.5 Å². The monoisotopic (exact) mass is 761 g/mol. The van der Waals surface area contributed by atoms with Crippen LogP contribution in [0.3, 0.4) is 0 Å². The number of esters is 1. The van der Waals surface area contributed by atoms with Crippen molar-refractivity contribution in [3.05, 3.63) is 12.7 Å². The van der Waals surface area contributed by atoms with Crippen LogP contribution in [0, 0.1) is 17.8 Å². The molecule has 18 atom stereocenters. The van der Waals surface area contributed by atoms with E-state index in [0.29, 0.717) is 13.0 Å². The highest BCUT2D eigenvalue weighted by atomic mass is 16.7. The van der Waals surface area contributed by atoms with E-state index in [0.717, 1.165) is 0 Å². The zero-order chi connectivity index (χ0) is 40.4. The number of cyclic esters (lactones) is 1. The number of aliphatic hydroxyl groups excluding tert-OH is 2. The van der Waals surface area contributed by atoms with E-state index in [4.69, 9.17) is 28.4 Å². The number of likely N-dealkylation sites (N-methyl/N-ethyl adjacent to an activating group) is 1. The first kappa shape index (κ1) is 46.1. The van der Waals surface area contributed by atoms with Gasteiger partial charge < -0.3 is 64.2 Å². The molecule has 0 aromatic rings. The third-order valence-corrected chi connectivity index (χ3v) is 12.4. The molecule has 3 rings (SSSR count). The molecule has 6 N–H and O–H groups in total. The van der Waals surface area contributed by atoms with E-state index in [1.807, 2.05) is 32.8 Å². The van der Waals surface area contributed by atoms with Gasteiger partial charge in [0.15, 0.2) is 12.6 Å². The van der Waals surface area contributed by atoms with Crippen molar-refractivity contribution in [2.45, 2.75) is 185 Å². The number of aliphatic hydroxyl groups is 5. The Bertz CT molecular complexity index is 1200. The second kappa shape index (κ2) is 17.9. The summed E-state index contributed by atoms with van der Waals surface area (Å²) in [4.78, 5) is 16.1. The van der Waals surface area contributed by atoms with Crippen LogP contribution < -0.4 is 5.32 Å². The van der Waals surface area contributed by atoms with Crippen LogP contribution in [0.5, 0.6) is 0 Å². The highest BCUT2D eigenvalue weighted by Crippen LogP contribution is 2.43. The smallest absolute Gasteiger partial charge is 0.311 e. The minimum Gasteiger partial charge on any atom is -0.459 e. The number of nitrogens with one attached hydrogen (secondary N) is 1. The Hall–Kier alpha value is -1.27. The number of rotatable bonds is 8. The molecule has 0 saturated carbocycles. The quantitative estimate of drug-likeness (QED) is 0.156. The molecule has 1 unspecified atom stereocenters. The predicted molar refractivity (Wildman–Crippen MR) is 199 cm³/mol. The standard InChI is InChI=1S/C39H72N2O12/c1-15-28-38(11,46)32(43)25(7)40-20-21(3)18-36(9,45)33(53-35-30(42)27(41(12)13)17-22(4)49-35)23(5)31(24(6)34(44)51-28)52-29-19-37(10,48-14)39(47,16-2)26(8)50-29/h16,21-33,35,40,42-43,45-47H,2,15,17-20H2,1,3-14H3/t21-,22-,23+,24-,25-,26+,27+,28?,29+,30-,31+,32-,33-,35+,36-,37-,38-,39-/m1/s1. The van der Waals surface area contributed by atoms with Gasteiger partial charge in [-0.05, 0) is 94.3 Å². The third-order valence-electron chi connectivity index (χ3n) is 12.4. The summed E-state index contributed by atoms with van der Waals surface area (Å²) in [5.74, 6) is -2.69. The first-order valence-electron chi connectivity index (χ1n) is 19.3. The molecule has 0 aromatic carbocycles. The topological polar surface area (TPSA) is 189 Å². The lowest BCUT2D eigenvalue weighted by Gasteiger charge is -2.52. The Balaban J connectivity index is 2.18. The average Bonchev–Trinajstić information content (AvgIpc) is 3.08. The SMILES string of the molecule is C=C[C@@]1(O)[C@H](C)O[C@@H](O[C@H]2[C@H](C)[C@@H](O[C@@H]3O[C@H](C)C[C@H](N(C)C)[C@H]3O)[C@](C)(O)C[C@@H](C)CN[C@H](C)[C@@H](O)[C@](C)(O)C(CC)OC(=O)[C@@H]2C)C[C@@]1(C)OC. The van der Waals surface area contributed by atoms with Gasteiger partial charge in [0, 0.05) is 31.5 Å². The van der Waals surface area contributed by atoms with Crippen molar-refractivity contribution in [2.75, 3.05) is 27.7 Å². The third kappa shape index (κ3) is 9.82. The minimum atomic E-state index is -1.81. The van der Waals surface area contributed by atoms with Crippen LogP contribution in [-0.4, -0.2) is 154 Å². The second-order valence-electron chi connectivity index (χ2n) is 17.1. The largest absolute Gasteiger partial charge is 0.459 e. The Morgan fingerprint density at radius 2 is 1.62 bits per heavy atom. The van der Waals surface area contributed by atoms with Gasteiger partial charge in [-0.3, -0.25) is 4.79 Å². The molecule has 0 aliphatic carbocycles. The number of carbonyl (C=O) groups excluding carboxylic acids is 1. The Morgan fingerprint density at radius 1 is 1.00 bits per heavy atom. The Labute approximate surface area is 317 Å². The second-order valence-corrected chi connectivity index (χ2v) is 17.1. The van der Waals surface area contributed by atoms with Gasteiger partial charge in [-0.2, -0.15) is 0 Å². The van der Waals surface area contributed by atoms with Gasteiger partial charge in [0.2, 0.25) is 0 Å². The van der Waals surface area contributed by atoms with E-state index in [9.17, 15) is 30.3 Å². The summed E-state index contributed by atoms with van der Waals surface area (Å²) in [5.41, 5.74) is -6.15. The maximum absolute atomic E-state index is 14.2. The lowest BCUT2D eigenvalue weighted by molar-refractivity contribution is -0.328. The molecule has 14 heteroatoms. The summed E-state index contributed by atoms with van der Waals surface area (Å²) < 4.78 is 37.7. The van der Waals surface area contributed by atoms with Crippen LogP contribution in [0.25, 0.3) is 0 Å². The molecule has 14 nitrogen and oxygen atoms in total. The molecule has 0 spiro atoms. The average molecular weight is 761 g/mol. The van der Waals surface area contributed by atoms with Crippen molar-refractivity contribution in [1.82, 2.24) is 10.2 Å². The Kier molecular flexibility index (Phi) is 15.6. The molecule has 0 amide bonds. The fraction of sp³-hybridized carbons (Fsp3) is 0.923. The molecular formula is C39H72N2O12. The maximum atomic E-state index is 14.2. The van der Waals surface area contributed by atoms with Crippen molar-refractivity contribution in [3.63, 3.8) is 0 Å². The van der Waals surface area contributed by atoms with Crippen molar-refractivity contribution in [2.24, 2.45) is 17.8 Å². The summed E-state index contributed by atoms with van der Waals surface area (Å²) in [6.45, 7) is 21.5. The number of nitrogens with zero attached hydrogens (tertiary/aromatic N) is 1. The van der Waals surface area contributed by atoms with Gasteiger partial charge in [0.25, 0.3) is 0 Å². The molecule has 310 valence electrons. The summed E-state index contributed by atoms with van der Waals surface area (Å²) in [6.07, 6.45) is -6.35. The molecule has 0 radical (unpaired) electrons. The lowest BCUT2D eigenvalue weighted by atomic mass is 9.75. The van der Waals surface area contributed by atoms with Crippen molar-refractivity contribution in [3.8, 4) is 0 Å². The number of ether oxygens (including phenoxy) is 6. The lowest BCUT2D eigenvalue weighted by Crippen LogP contribution is -2.65. The fourth-order valence-electron chi connectivity index (χ4n) is 8.77. The molecule has 3 aliphatic heterocycles. The molecule has 3 saturated heterocycles. The molecule has 0 bridgehead atoms. The van der Waals surface area contributed by atoms with Gasteiger partial charge in [-0.15, -0.1) is 6.58 Å². The fourth-order valence-corrected chi connectivity index (χ4v) is 8.77. The zero-order valence-corrected chi connectivity index (χ0v) is 34.4. The van der Waals surface area contributed by atoms with Gasteiger partial charge in [-0.1, -0.05) is 26.8 Å². The molecule has 53 heavy (non-hydrogen) atoms. The van der Waals surface area contributed by atoms with E-state index in [-0.39, 0.29) is 37.3 Å². The van der Waals surface area contributed by atoms with Gasteiger partial charge in [-0.25, -0.2) is 0 Å². The number of hydrogen-bond acceptors (Lipinski definition) is 14. The maximum Gasteiger partial charge on any atom is 0.311 e. The van der Waals surface area contributed by atoms with E-state index in [1.165, 1.54) is 20.1 Å². The van der Waals surface area contributed by atoms with E-state index in [1.54, 1.807) is 48.5 Å². The number of hydrogen-bond donors (Lipinski definition) is 6. The molecular weight excluding hydrogens is 688 g/mol. The van der Waals surface area contributed by atoms with Gasteiger partial charge in [0.05, 0.1) is 35.9 Å². The van der Waals surface area contributed by atoms with Crippen LogP contribution >= 0.6 is 0 Å². The van der Waals surface area contributed by atoms with Crippen molar-refractivity contribution in [1.29, 1.82) is 0 Å². The van der Waals surface area contributed by atoms with E-state index >= 15 is 0 Å². The number of methoxy groups -OCH3 is 1. The highest BCUT2D eigenvalue weighted by Gasteiger charge is 2.57. The van der Waals surface area contributed by atoms with Crippen LogP contribution in [0.15, 0.2) is 12.7 Å². The van der Waals surface area contributed by atoms with E-state index in [2.05, 4.69) is 11.9 Å². The van der Waals surface area contributed by atoms with Crippen LogP contribution in [0.4, 0.5) is 0 Å². The minimum absolute atomic E-state index is 0.0504. The summed E-state index contributed by atoms with van der Waals surface area (Å²) >= 11 is 0. The predicted octanol–water partition coefficient (Wildman–Crippen LogP) is 2.11. The molecule has 3 aliphatic rings. The zero-order valence-electron chi connectivity index (χ0n) is 34.4. The summed E-state index contributed by atoms with van der Waals surface area (Å²) in [7, 11) is 5.24. The highest BCUT2D eigenvalue weighted by molar-refractivity contribution is 5.73. The summed E-state index contributed by atoms with van der Waals surface area (Å²) in [6, 6.07) is -0.880. The first-order chi connectivity index (χ1) is 24.4. The van der Waals surface area contributed by atoms with Crippen LogP contribution in [0.1, 0.15) is 94.9 Å². The van der Waals surface area contributed by atoms with Crippen LogP contribution in [-0.2, 0) is 33.2 Å². The molecule has 0 aromatic heterocycles. The normalized spacial score (nSPS) is 49.8. The summed E-state index contributed by atoms with van der Waals surface area (Å²) in [5, 5.41) is 61.8. The Morgan fingerprint density at radius 3 is 2.17 bits per heavy atom. The van der Waals surface area contributed by atoms with Gasteiger partial charge >= 0.3 is 5.97 Å². The van der Waals surface area contributed by atoms with Crippen molar-refractivity contribution < 1.29 is 58.7 Å². The molecule has 3 heterocycles. The van der Waals surface area contributed by atoms with Crippen LogP contribution in [0.2, 0.25) is 0 Å². The first-order valence-corrected chi connectivity index (χ1v) is 19.3. The van der Waals surface area contributed by atoms with Gasteiger partial charge in [0.1, 0.15) is 35.1 Å². The number of carbonyl (C=O) groups is 1.